The molecule has 1 amide bonds. The number of hydrogen-bond acceptors (Lipinski definition) is 5. The number of nitriles is 1. The molecular formula is C10H10N4O3S. The second-order valence-electron chi connectivity index (χ2n) is 3.33. The molecule has 7 nitrogen and oxygen atoms in total. The molecule has 0 heterocycles. The van der Waals surface area contributed by atoms with E-state index in [1.165, 1.54) is 30.5 Å². The second-order valence-corrected chi connectivity index (χ2v) is 5.32. The van der Waals surface area contributed by atoms with Crippen molar-refractivity contribution in [1.82, 2.24) is 10.6 Å². The average molecular weight is 266 g/mol. The molecule has 94 valence electrons. The normalized spacial score (nSPS) is 10.2. The summed E-state index contributed by atoms with van der Waals surface area (Å²) in [7, 11) is -3.54. The summed E-state index contributed by atoms with van der Waals surface area (Å²) in [5.74, 6) is -1.30. The van der Waals surface area contributed by atoms with Crippen LogP contribution >= 0.6 is 0 Å². The van der Waals surface area contributed by atoms with E-state index >= 15 is 0 Å². The highest BCUT2D eigenvalue weighted by atomic mass is 32.2. The first-order chi connectivity index (χ1) is 8.36. The molecule has 0 saturated carbocycles. The third kappa shape index (κ3) is 3.29. The highest BCUT2D eigenvalue weighted by Gasteiger charge is 2.18. The van der Waals surface area contributed by atoms with Crippen LogP contribution in [-0.4, -0.2) is 26.5 Å². The summed E-state index contributed by atoms with van der Waals surface area (Å²) in [5.41, 5.74) is -0.0792. The van der Waals surface area contributed by atoms with Crippen molar-refractivity contribution in [2.45, 2.75) is 4.90 Å². The molecule has 1 aromatic carbocycles. The fourth-order valence-corrected chi connectivity index (χ4v) is 2.13. The predicted octanol–water partition coefficient (Wildman–Crippen LogP) is -0.175. The van der Waals surface area contributed by atoms with E-state index < -0.39 is 21.7 Å². The van der Waals surface area contributed by atoms with E-state index in [1.807, 2.05) is 5.32 Å². The Labute approximate surface area is 104 Å². The number of amides is 1. The molecule has 0 aromatic heterocycles. The van der Waals surface area contributed by atoms with Crippen LogP contribution in [0.25, 0.3) is 0 Å². The molecule has 0 aliphatic heterocycles. The minimum absolute atomic E-state index is 0.0792. The molecule has 3 N–H and O–H groups in total. The van der Waals surface area contributed by atoms with Crippen LogP contribution in [0.4, 0.5) is 0 Å². The van der Waals surface area contributed by atoms with Gasteiger partial charge in [-0.3, -0.25) is 20.8 Å². The van der Waals surface area contributed by atoms with E-state index in [9.17, 15) is 13.2 Å². The van der Waals surface area contributed by atoms with Gasteiger partial charge in [-0.15, -0.1) is 0 Å². The van der Waals surface area contributed by atoms with E-state index in [2.05, 4.69) is 5.32 Å². The molecule has 0 atom stereocenters. The fraction of sp³-hybridized carbons (Fsp3) is 0.100. The van der Waals surface area contributed by atoms with E-state index in [1.54, 1.807) is 0 Å². The quantitative estimate of drug-likeness (QED) is 0.297. The van der Waals surface area contributed by atoms with Crippen molar-refractivity contribution in [3.05, 3.63) is 29.8 Å². The van der Waals surface area contributed by atoms with Crippen LogP contribution in [0.3, 0.4) is 0 Å². The summed E-state index contributed by atoms with van der Waals surface area (Å²) in [6, 6.07) is 5.62. The number of benzene rings is 1. The molecule has 0 aliphatic carbocycles. The van der Waals surface area contributed by atoms with Crippen LogP contribution in [-0.2, 0) is 9.84 Å². The highest BCUT2D eigenvalue weighted by molar-refractivity contribution is 7.90. The van der Waals surface area contributed by atoms with Crippen LogP contribution in [0, 0.1) is 16.9 Å². The molecule has 1 aromatic rings. The number of hydrogen-bond donors (Lipinski definition) is 3. The van der Waals surface area contributed by atoms with Gasteiger partial charge >= 0.3 is 0 Å². The lowest BCUT2D eigenvalue weighted by Gasteiger charge is -2.08. The minimum atomic E-state index is -3.54. The van der Waals surface area contributed by atoms with Gasteiger partial charge in [0.1, 0.15) is 0 Å². The Kier molecular flexibility index (Phi) is 4.01. The van der Waals surface area contributed by atoms with Crippen LogP contribution in [0.2, 0.25) is 0 Å². The number of carbonyl (C=O) groups excluding carboxylic acids is 1. The second kappa shape index (κ2) is 5.29. The van der Waals surface area contributed by atoms with Crippen molar-refractivity contribution in [1.29, 1.82) is 10.7 Å². The third-order valence-corrected chi connectivity index (χ3v) is 3.11. The Bertz CT molecular complexity index is 631. The zero-order chi connectivity index (χ0) is 13.8. The largest absolute Gasteiger partial charge is 0.292 e. The first-order valence-corrected chi connectivity index (χ1v) is 6.59. The van der Waals surface area contributed by atoms with Crippen molar-refractivity contribution in [2.24, 2.45) is 0 Å². The lowest BCUT2D eigenvalue weighted by molar-refractivity contribution is 0.0973. The van der Waals surface area contributed by atoms with Crippen molar-refractivity contribution < 1.29 is 13.2 Å². The Morgan fingerprint density at radius 2 is 2.00 bits per heavy atom. The predicted molar refractivity (Wildman–Crippen MR) is 63.5 cm³/mol. The maximum Gasteiger partial charge on any atom is 0.259 e. The van der Waals surface area contributed by atoms with E-state index in [0.29, 0.717) is 0 Å². The van der Waals surface area contributed by atoms with Crippen LogP contribution in [0.5, 0.6) is 0 Å². The van der Waals surface area contributed by atoms with Gasteiger partial charge in [0.2, 0.25) is 5.96 Å². The molecule has 18 heavy (non-hydrogen) atoms. The van der Waals surface area contributed by atoms with Crippen molar-refractivity contribution in [3.63, 3.8) is 0 Å². The number of nitrogens with zero attached hydrogens (tertiary/aromatic N) is 1. The van der Waals surface area contributed by atoms with Crippen LogP contribution in [0.15, 0.2) is 29.2 Å². The molecule has 0 unspecified atom stereocenters. The zero-order valence-corrected chi connectivity index (χ0v) is 10.2. The van der Waals surface area contributed by atoms with Gasteiger partial charge in [-0.1, -0.05) is 12.1 Å². The Morgan fingerprint density at radius 1 is 1.39 bits per heavy atom. The standard InChI is InChI=1S/C10H10N4O3S/c1-18(16,17)8-5-3-2-4-7(8)9(15)14-10(12)13-6-11/h2-5H,1H3,(H3,12,13,14,15). The van der Waals surface area contributed by atoms with Crippen molar-refractivity contribution in [2.75, 3.05) is 6.26 Å². The van der Waals surface area contributed by atoms with Gasteiger partial charge in [0.15, 0.2) is 16.0 Å². The van der Waals surface area contributed by atoms with E-state index in [4.69, 9.17) is 10.7 Å². The Hall–Kier alpha value is -2.40. The molecule has 8 heteroatoms. The van der Waals surface area contributed by atoms with Crippen molar-refractivity contribution >= 4 is 21.7 Å². The Morgan fingerprint density at radius 3 is 2.56 bits per heavy atom. The van der Waals surface area contributed by atoms with E-state index in [-0.39, 0.29) is 10.5 Å². The molecule has 0 bridgehead atoms. The lowest BCUT2D eigenvalue weighted by atomic mass is 10.2. The maximum atomic E-state index is 11.7. The zero-order valence-electron chi connectivity index (χ0n) is 9.39. The van der Waals surface area contributed by atoms with Gasteiger partial charge < -0.3 is 0 Å². The summed E-state index contributed by atoms with van der Waals surface area (Å²) in [5, 5.41) is 19.4. The summed E-state index contributed by atoms with van der Waals surface area (Å²) >= 11 is 0. The van der Waals surface area contributed by atoms with Gasteiger partial charge in [-0.25, -0.2) is 8.42 Å². The van der Waals surface area contributed by atoms with Gasteiger partial charge in [-0.2, -0.15) is 5.26 Å². The summed E-state index contributed by atoms with van der Waals surface area (Å²) in [6.45, 7) is 0. The first-order valence-electron chi connectivity index (χ1n) is 4.70. The smallest absolute Gasteiger partial charge is 0.259 e. The summed E-state index contributed by atoms with van der Waals surface area (Å²) in [6.07, 6.45) is 2.45. The van der Waals surface area contributed by atoms with Crippen molar-refractivity contribution in [3.8, 4) is 6.19 Å². The molecule has 0 radical (unpaired) electrons. The number of nitrogens with one attached hydrogen (secondary N) is 3. The molecule has 0 aliphatic rings. The first kappa shape index (κ1) is 13.7. The summed E-state index contributed by atoms with van der Waals surface area (Å²) in [4.78, 5) is 11.6. The van der Waals surface area contributed by atoms with Gasteiger partial charge in [0.05, 0.1) is 10.5 Å². The van der Waals surface area contributed by atoms with Gasteiger partial charge in [0.25, 0.3) is 5.91 Å². The average Bonchev–Trinajstić information content (AvgIpc) is 2.28. The van der Waals surface area contributed by atoms with Crippen LogP contribution in [0.1, 0.15) is 10.4 Å². The minimum Gasteiger partial charge on any atom is -0.292 e. The summed E-state index contributed by atoms with van der Waals surface area (Å²) < 4.78 is 22.9. The number of rotatable bonds is 2. The number of sulfone groups is 1. The lowest BCUT2D eigenvalue weighted by Crippen LogP contribution is -2.38. The molecule has 0 fully saturated rings. The molecular weight excluding hydrogens is 256 g/mol. The molecule has 1 rings (SSSR count). The molecule has 0 saturated heterocycles. The molecule has 0 spiro atoms. The maximum absolute atomic E-state index is 11.7. The fourth-order valence-electron chi connectivity index (χ4n) is 1.25. The third-order valence-electron chi connectivity index (χ3n) is 1.95. The monoisotopic (exact) mass is 266 g/mol. The Balaban J connectivity index is 3.08. The topological polar surface area (TPSA) is 123 Å². The number of guanidine groups is 1. The van der Waals surface area contributed by atoms with Gasteiger partial charge in [0, 0.05) is 6.26 Å². The highest BCUT2D eigenvalue weighted by Crippen LogP contribution is 2.14. The van der Waals surface area contributed by atoms with Crippen LogP contribution < -0.4 is 10.6 Å². The SMILES string of the molecule is CS(=O)(=O)c1ccccc1C(=O)NC(=N)NC#N. The van der Waals surface area contributed by atoms with E-state index in [0.717, 1.165) is 6.26 Å². The van der Waals surface area contributed by atoms with Gasteiger partial charge in [-0.05, 0) is 12.1 Å². The number of carbonyl (C=O) groups is 1.